The number of aromatic hydroxyl groups is 1. The maximum Gasteiger partial charge on any atom is 0.335 e. The number of phenolic OH excluding ortho intramolecular Hbond substituents is 1. The zero-order valence-corrected chi connectivity index (χ0v) is 14.6. The van der Waals surface area contributed by atoms with E-state index in [2.05, 4.69) is 5.32 Å². The number of carbonyl (C=O) groups excluding carboxylic acids is 3. The first-order chi connectivity index (χ1) is 12.9. The summed E-state index contributed by atoms with van der Waals surface area (Å²) in [6, 6.07) is 9.90. The first-order valence-corrected chi connectivity index (χ1v) is 7.87. The van der Waals surface area contributed by atoms with Crippen LogP contribution in [0.5, 0.6) is 17.2 Å². The molecule has 8 nitrogen and oxygen atoms in total. The van der Waals surface area contributed by atoms with Gasteiger partial charge in [-0.05, 0) is 35.9 Å². The number of carbonyl (C=O) groups is 3. The zero-order valence-electron chi connectivity index (χ0n) is 14.6. The van der Waals surface area contributed by atoms with E-state index in [1.54, 1.807) is 24.3 Å². The lowest BCUT2D eigenvalue weighted by molar-refractivity contribution is -0.122. The number of anilines is 1. The molecule has 1 saturated heterocycles. The molecule has 0 radical (unpaired) electrons. The SMILES string of the molecule is COc1cccc(N2C(=O)NC(=O)C(=Cc3ccc(OC)c(O)c3)C2=O)c1. The van der Waals surface area contributed by atoms with Crippen LogP contribution in [-0.4, -0.2) is 37.2 Å². The number of urea groups is 1. The molecule has 1 aliphatic heterocycles. The number of phenols is 1. The van der Waals surface area contributed by atoms with Crippen molar-refractivity contribution in [2.75, 3.05) is 19.1 Å². The van der Waals surface area contributed by atoms with Crippen molar-refractivity contribution < 1.29 is 29.0 Å². The molecule has 0 saturated carbocycles. The highest BCUT2D eigenvalue weighted by Gasteiger charge is 2.36. The molecule has 3 rings (SSSR count). The van der Waals surface area contributed by atoms with Crippen molar-refractivity contribution in [1.29, 1.82) is 0 Å². The molecule has 2 aromatic carbocycles. The monoisotopic (exact) mass is 368 g/mol. The fourth-order valence-electron chi connectivity index (χ4n) is 2.60. The Kier molecular flexibility index (Phi) is 4.80. The van der Waals surface area contributed by atoms with Crippen molar-refractivity contribution >= 4 is 29.6 Å². The highest BCUT2D eigenvalue weighted by Crippen LogP contribution is 2.29. The number of nitrogens with one attached hydrogen (secondary N) is 1. The Balaban J connectivity index is 2.00. The summed E-state index contributed by atoms with van der Waals surface area (Å²) in [5.74, 6) is -1.04. The van der Waals surface area contributed by atoms with E-state index in [9.17, 15) is 19.5 Å². The molecule has 0 atom stereocenters. The second-order valence-corrected chi connectivity index (χ2v) is 5.59. The summed E-state index contributed by atoms with van der Waals surface area (Å²) in [7, 11) is 2.87. The molecule has 0 aromatic heterocycles. The maximum absolute atomic E-state index is 12.8. The van der Waals surface area contributed by atoms with Crippen LogP contribution in [0.2, 0.25) is 0 Å². The lowest BCUT2D eigenvalue weighted by atomic mass is 10.1. The van der Waals surface area contributed by atoms with Crippen molar-refractivity contribution in [2.24, 2.45) is 0 Å². The lowest BCUT2D eigenvalue weighted by Gasteiger charge is -2.26. The van der Waals surface area contributed by atoms with Gasteiger partial charge in [-0.1, -0.05) is 12.1 Å². The highest BCUT2D eigenvalue weighted by molar-refractivity contribution is 6.39. The molecule has 1 aliphatic rings. The van der Waals surface area contributed by atoms with Crippen LogP contribution in [0.25, 0.3) is 6.08 Å². The second-order valence-electron chi connectivity index (χ2n) is 5.59. The Morgan fingerprint density at radius 2 is 1.81 bits per heavy atom. The highest BCUT2D eigenvalue weighted by atomic mass is 16.5. The number of benzene rings is 2. The number of nitrogens with zero attached hydrogens (tertiary/aromatic N) is 1. The van der Waals surface area contributed by atoms with Gasteiger partial charge in [0.25, 0.3) is 11.8 Å². The van der Waals surface area contributed by atoms with Crippen LogP contribution >= 0.6 is 0 Å². The van der Waals surface area contributed by atoms with Crippen molar-refractivity contribution in [2.45, 2.75) is 0 Å². The maximum atomic E-state index is 12.8. The number of hydrogen-bond donors (Lipinski definition) is 2. The predicted octanol–water partition coefficient (Wildman–Crippen LogP) is 2.08. The van der Waals surface area contributed by atoms with Gasteiger partial charge >= 0.3 is 6.03 Å². The number of rotatable bonds is 4. The second kappa shape index (κ2) is 7.20. The summed E-state index contributed by atoms with van der Waals surface area (Å²) >= 11 is 0. The summed E-state index contributed by atoms with van der Waals surface area (Å²) in [6.07, 6.45) is 1.29. The Bertz CT molecular complexity index is 966. The van der Waals surface area contributed by atoms with E-state index in [-0.39, 0.29) is 22.8 Å². The van der Waals surface area contributed by atoms with Gasteiger partial charge in [-0.3, -0.25) is 14.9 Å². The predicted molar refractivity (Wildman–Crippen MR) is 96.7 cm³/mol. The topological polar surface area (TPSA) is 105 Å². The van der Waals surface area contributed by atoms with Crippen molar-refractivity contribution in [3.8, 4) is 17.2 Å². The van der Waals surface area contributed by atoms with Crippen molar-refractivity contribution in [3.63, 3.8) is 0 Å². The molecule has 4 amide bonds. The van der Waals surface area contributed by atoms with Crippen LogP contribution in [0, 0.1) is 0 Å². The van der Waals surface area contributed by atoms with E-state index in [0.717, 1.165) is 4.90 Å². The molecular formula is C19H16N2O6. The van der Waals surface area contributed by atoms with Crippen LogP contribution in [0.3, 0.4) is 0 Å². The van der Waals surface area contributed by atoms with Crippen LogP contribution in [-0.2, 0) is 9.59 Å². The minimum atomic E-state index is -0.854. The minimum absolute atomic E-state index is 0.142. The first-order valence-electron chi connectivity index (χ1n) is 7.87. The smallest absolute Gasteiger partial charge is 0.335 e. The average molecular weight is 368 g/mol. The zero-order chi connectivity index (χ0) is 19.6. The third-order valence-corrected chi connectivity index (χ3v) is 3.93. The van der Waals surface area contributed by atoms with Gasteiger partial charge in [-0.15, -0.1) is 0 Å². The van der Waals surface area contributed by atoms with Crippen LogP contribution < -0.4 is 19.7 Å². The summed E-state index contributed by atoms with van der Waals surface area (Å²) < 4.78 is 10.1. The van der Waals surface area contributed by atoms with Gasteiger partial charge in [0.15, 0.2) is 11.5 Å². The van der Waals surface area contributed by atoms with E-state index >= 15 is 0 Å². The number of hydrogen-bond acceptors (Lipinski definition) is 6. The van der Waals surface area contributed by atoms with Crippen LogP contribution in [0.15, 0.2) is 48.0 Å². The minimum Gasteiger partial charge on any atom is -0.504 e. The van der Waals surface area contributed by atoms with Crippen molar-refractivity contribution in [3.05, 3.63) is 53.6 Å². The Morgan fingerprint density at radius 1 is 1.04 bits per heavy atom. The normalized spacial score (nSPS) is 15.7. The quantitative estimate of drug-likeness (QED) is 0.632. The number of amides is 4. The largest absolute Gasteiger partial charge is 0.504 e. The molecule has 138 valence electrons. The molecule has 0 unspecified atom stereocenters. The molecule has 2 N–H and O–H groups in total. The lowest BCUT2D eigenvalue weighted by Crippen LogP contribution is -2.54. The Labute approximate surface area is 154 Å². The molecule has 1 heterocycles. The van der Waals surface area contributed by atoms with E-state index in [0.29, 0.717) is 11.3 Å². The van der Waals surface area contributed by atoms with E-state index in [1.165, 1.54) is 38.5 Å². The van der Waals surface area contributed by atoms with E-state index in [1.807, 2.05) is 0 Å². The molecule has 8 heteroatoms. The van der Waals surface area contributed by atoms with Gasteiger partial charge in [0.2, 0.25) is 0 Å². The third-order valence-electron chi connectivity index (χ3n) is 3.93. The fourth-order valence-corrected chi connectivity index (χ4v) is 2.60. The Morgan fingerprint density at radius 3 is 2.48 bits per heavy atom. The number of methoxy groups -OCH3 is 2. The van der Waals surface area contributed by atoms with Gasteiger partial charge in [-0.25, -0.2) is 9.69 Å². The number of imide groups is 2. The van der Waals surface area contributed by atoms with Gasteiger partial charge in [0.05, 0.1) is 19.9 Å². The first kappa shape index (κ1) is 18.0. The average Bonchev–Trinajstić information content (AvgIpc) is 2.65. The van der Waals surface area contributed by atoms with Crippen LogP contribution in [0.4, 0.5) is 10.5 Å². The van der Waals surface area contributed by atoms with Gasteiger partial charge < -0.3 is 14.6 Å². The number of barbiturate groups is 1. The molecule has 0 aliphatic carbocycles. The summed E-state index contributed by atoms with van der Waals surface area (Å²) in [5.41, 5.74) is 0.404. The van der Waals surface area contributed by atoms with Crippen molar-refractivity contribution in [1.82, 2.24) is 5.32 Å². The molecule has 1 fully saturated rings. The summed E-state index contributed by atoms with van der Waals surface area (Å²) in [5, 5.41) is 12.0. The molecule has 2 aromatic rings. The summed E-state index contributed by atoms with van der Waals surface area (Å²) in [4.78, 5) is 38.0. The van der Waals surface area contributed by atoms with Gasteiger partial charge in [0, 0.05) is 6.07 Å². The fraction of sp³-hybridized carbons (Fsp3) is 0.105. The molecule has 27 heavy (non-hydrogen) atoms. The van der Waals surface area contributed by atoms with Gasteiger partial charge in [-0.2, -0.15) is 0 Å². The molecule has 0 bridgehead atoms. The standard InChI is InChI=1S/C19H16N2O6/c1-26-13-5-3-4-12(10-13)21-18(24)14(17(23)20-19(21)25)8-11-6-7-16(27-2)15(22)9-11/h3-10,22H,1-2H3,(H,20,23,25). The third kappa shape index (κ3) is 3.45. The summed E-state index contributed by atoms with van der Waals surface area (Å²) in [6.45, 7) is 0. The molecule has 0 spiro atoms. The van der Waals surface area contributed by atoms with Crippen LogP contribution in [0.1, 0.15) is 5.56 Å². The van der Waals surface area contributed by atoms with E-state index < -0.39 is 17.8 Å². The van der Waals surface area contributed by atoms with Gasteiger partial charge in [0.1, 0.15) is 11.3 Å². The van der Waals surface area contributed by atoms with E-state index in [4.69, 9.17) is 9.47 Å². The number of ether oxygens (including phenoxy) is 2. The Hall–Kier alpha value is -3.81. The molecular weight excluding hydrogens is 352 g/mol.